The molecule has 1 amide bonds. The summed E-state index contributed by atoms with van der Waals surface area (Å²) in [5.41, 5.74) is 1.18. The predicted molar refractivity (Wildman–Crippen MR) is 102 cm³/mol. The van der Waals surface area contributed by atoms with Crippen LogP contribution in [0.4, 0.5) is 0 Å². The average Bonchev–Trinajstić information content (AvgIpc) is 2.89. The highest BCUT2D eigenvalue weighted by Gasteiger charge is 2.25. The normalized spacial score (nSPS) is 22.4. The molecule has 0 spiro atoms. The molecule has 0 aromatic carbocycles. The van der Waals surface area contributed by atoms with Gasteiger partial charge in [-0.2, -0.15) is 0 Å². The van der Waals surface area contributed by atoms with E-state index in [-0.39, 0.29) is 12.0 Å². The molecule has 0 saturated carbocycles. The molecule has 0 N–H and O–H groups in total. The van der Waals surface area contributed by atoms with Crippen molar-refractivity contribution in [2.24, 2.45) is 0 Å². The van der Waals surface area contributed by atoms with E-state index < -0.39 is 0 Å². The lowest BCUT2D eigenvalue weighted by atomic mass is 10.1. The quantitative estimate of drug-likeness (QED) is 0.772. The van der Waals surface area contributed by atoms with Crippen molar-refractivity contribution >= 4 is 5.91 Å². The number of likely N-dealkylation sites (tertiary alicyclic amines) is 1. The molecule has 1 atom stereocenters. The summed E-state index contributed by atoms with van der Waals surface area (Å²) in [6, 6.07) is 3.99. The van der Waals surface area contributed by atoms with Crippen molar-refractivity contribution in [2.75, 3.05) is 52.9 Å². The Balaban J connectivity index is 1.48. The number of amides is 1. The number of rotatable bonds is 6. The predicted octanol–water partition coefficient (Wildman–Crippen LogP) is 1.62. The number of nitrogens with zero attached hydrogens (tertiary/aromatic N) is 4. The smallest absolute Gasteiger partial charge is 0.236 e. The van der Waals surface area contributed by atoms with E-state index >= 15 is 0 Å². The minimum Gasteiger partial charge on any atom is -0.375 e. The molecule has 3 rings (SSSR count). The summed E-state index contributed by atoms with van der Waals surface area (Å²) < 4.78 is 6.03. The summed E-state index contributed by atoms with van der Waals surface area (Å²) in [5.74, 6) is 0.204. The van der Waals surface area contributed by atoms with Crippen LogP contribution in [0.2, 0.25) is 0 Å². The van der Waals surface area contributed by atoms with Gasteiger partial charge in [0, 0.05) is 45.2 Å². The first kappa shape index (κ1) is 19.3. The minimum atomic E-state index is 0.144. The van der Waals surface area contributed by atoms with Crippen LogP contribution in [0, 0.1) is 0 Å². The maximum Gasteiger partial charge on any atom is 0.236 e. The van der Waals surface area contributed by atoms with Crippen molar-refractivity contribution in [3.63, 3.8) is 0 Å². The number of likely N-dealkylation sites (N-methyl/N-ethyl adjacent to an activating group) is 1. The van der Waals surface area contributed by atoms with Crippen molar-refractivity contribution in [1.29, 1.82) is 0 Å². The number of carbonyl (C=O) groups excluding carboxylic acids is 1. The van der Waals surface area contributed by atoms with E-state index in [2.05, 4.69) is 14.8 Å². The molecule has 0 aliphatic carbocycles. The van der Waals surface area contributed by atoms with Gasteiger partial charge in [-0.05, 0) is 57.1 Å². The van der Waals surface area contributed by atoms with Gasteiger partial charge in [0.15, 0.2) is 0 Å². The van der Waals surface area contributed by atoms with Crippen molar-refractivity contribution in [3.05, 3.63) is 30.1 Å². The van der Waals surface area contributed by atoms with E-state index in [4.69, 9.17) is 4.74 Å². The Morgan fingerprint density at radius 1 is 1.19 bits per heavy atom. The largest absolute Gasteiger partial charge is 0.375 e. The van der Waals surface area contributed by atoms with Crippen LogP contribution in [0.25, 0.3) is 0 Å². The monoisotopic (exact) mass is 360 g/mol. The van der Waals surface area contributed by atoms with E-state index in [9.17, 15) is 4.79 Å². The molecular formula is C20H32N4O2. The van der Waals surface area contributed by atoms with Gasteiger partial charge in [-0.25, -0.2) is 0 Å². The number of hydrogen-bond acceptors (Lipinski definition) is 5. The van der Waals surface area contributed by atoms with Crippen molar-refractivity contribution < 1.29 is 9.53 Å². The zero-order valence-electron chi connectivity index (χ0n) is 16.0. The van der Waals surface area contributed by atoms with E-state index in [1.54, 1.807) is 12.4 Å². The second-order valence-corrected chi connectivity index (χ2v) is 7.58. The Labute approximate surface area is 157 Å². The van der Waals surface area contributed by atoms with Gasteiger partial charge in [0.05, 0.1) is 12.6 Å². The van der Waals surface area contributed by atoms with Gasteiger partial charge in [0.2, 0.25) is 5.91 Å². The maximum absolute atomic E-state index is 12.8. The zero-order valence-corrected chi connectivity index (χ0v) is 16.0. The molecule has 26 heavy (non-hydrogen) atoms. The first-order chi connectivity index (χ1) is 12.7. The van der Waals surface area contributed by atoms with Crippen LogP contribution in [0.1, 0.15) is 31.2 Å². The lowest BCUT2D eigenvalue weighted by molar-refractivity contribution is -0.133. The van der Waals surface area contributed by atoms with E-state index in [1.165, 1.54) is 37.9 Å². The van der Waals surface area contributed by atoms with Crippen LogP contribution in [-0.4, -0.2) is 84.6 Å². The van der Waals surface area contributed by atoms with Gasteiger partial charge in [-0.3, -0.25) is 14.7 Å². The van der Waals surface area contributed by atoms with Gasteiger partial charge >= 0.3 is 0 Å². The lowest BCUT2D eigenvalue weighted by Gasteiger charge is -2.32. The number of hydrogen-bond donors (Lipinski definition) is 0. The Morgan fingerprint density at radius 3 is 2.73 bits per heavy atom. The minimum absolute atomic E-state index is 0.144. The zero-order chi connectivity index (χ0) is 18.2. The van der Waals surface area contributed by atoms with Crippen LogP contribution in [-0.2, 0) is 16.1 Å². The fraction of sp³-hybridized carbons (Fsp3) is 0.700. The van der Waals surface area contributed by atoms with Crippen molar-refractivity contribution in [2.45, 2.75) is 38.3 Å². The Kier molecular flexibility index (Phi) is 7.41. The Hall–Kier alpha value is -1.50. The fourth-order valence-electron chi connectivity index (χ4n) is 3.85. The molecule has 0 bridgehead atoms. The summed E-state index contributed by atoms with van der Waals surface area (Å²) in [4.78, 5) is 23.4. The number of aromatic nitrogens is 1. The molecule has 1 aromatic rings. The summed E-state index contributed by atoms with van der Waals surface area (Å²) in [5, 5.41) is 0. The molecule has 2 aliphatic rings. The standard InChI is InChI=1S/C20H32N4O2/c1-22(14-18-6-8-21-9-7-18)17-20(25)24-12-5-13-26-19(16-24)15-23-10-3-2-4-11-23/h6-9,19H,2-5,10-17H2,1H3/t19-/m1/s1. The van der Waals surface area contributed by atoms with Crippen molar-refractivity contribution in [3.8, 4) is 0 Å². The van der Waals surface area contributed by atoms with Crippen LogP contribution < -0.4 is 0 Å². The molecule has 0 unspecified atom stereocenters. The van der Waals surface area contributed by atoms with E-state index in [1.807, 2.05) is 24.1 Å². The topological polar surface area (TPSA) is 48.9 Å². The van der Waals surface area contributed by atoms with Gasteiger partial charge in [0.25, 0.3) is 0 Å². The Bertz CT molecular complexity index is 548. The number of carbonyl (C=O) groups is 1. The molecule has 1 aromatic heterocycles. The summed E-state index contributed by atoms with van der Waals surface area (Å²) in [6.45, 7) is 6.78. The van der Waals surface area contributed by atoms with Gasteiger partial charge in [0.1, 0.15) is 0 Å². The van der Waals surface area contributed by atoms with Gasteiger partial charge in [-0.1, -0.05) is 6.42 Å². The third-order valence-electron chi connectivity index (χ3n) is 5.22. The van der Waals surface area contributed by atoms with Crippen LogP contribution in [0.3, 0.4) is 0 Å². The number of piperidine rings is 1. The summed E-state index contributed by atoms with van der Waals surface area (Å²) >= 11 is 0. The molecule has 144 valence electrons. The second kappa shape index (κ2) is 10.00. The molecule has 2 aliphatic heterocycles. The summed E-state index contributed by atoms with van der Waals surface area (Å²) in [7, 11) is 2.00. The number of ether oxygens (including phenoxy) is 1. The molecule has 2 saturated heterocycles. The van der Waals surface area contributed by atoms with Crippen LogP contribution >= 0.6 is 0 Å². The maximum atomic E-state index is 12.8. The molecule has 6 nitrogen and oxygen atoms in total. The molecule has 0 radical (unpaired) electrons. The second-order valence-electron chi connectivity index (χ2n) is 7.58. The van der Waals surface area contributed by atoms with Crippen molar-refractivity contribution in [1.82, 2.24) is 19.7 Å². The van der Waals surface area contributed by atoms with Crippen LogP contribution in [0.15, 0.2) is 24.5 Å². The van der Waals surface area contributed by atoms with Gasteiger partial charge in [-0.15, -0.1) is 0 Å². The summed E-state index contributed by atoms with van der Waals surface area (Å²) in [6.07, 6.45) is 8.58. The average molecular weight is 361 g/mol. The first-order valence-corrected chi connectivity index (χ1v) is 9.90. The highest BCUT2D eigenvalue weighted by Crippen LogP contribution is 2.13. The highest BCUT2D eigenvalue weighted by atomic mass is 16.5. The Morgan fingerprint density at radius 2 is 1.96 bits per heavy atom. The third-order valence-corrected chi connectivity index (χ3v) is 5.22. The number of pyridine rings is 1. The van der Waals surface area contributed by atoms with Crippen LogP contribution in [0.5, 0.6) is 0 Å². The molecule has 6 heteroatoms. The molecular weight excluding hydrogens is 328 g/mol. The highest BCUT2D eigenvalue weighted by molar-refractivity contribution is 5.78. The first-order valence-electron chi connectivity index (χ1n) is 9.90. The van der Waals surface area contributed by atoms with E-state index in [0.717, 1.165) is 39.2 Å². The van der Waals surface area contributed by atoms with Gasteiger partial charge < -0.3 is 14.5 Å². The molecule has 2 fully saturated rings. The SMILES string of the molecule is CN(CC(=O)N1CCCO[C@H](CN2CCCCC2)C1)Cc1ccncc1. The third kappa shape index (κ3) is 6.04. The fourth-order valence-corrected chi connectivity index (χ4v) is 3.85. The molecule has 3 heterocycles. The van der Waals surface area contributed by atoms with E-state index in [0.29, 0.717) is 6.54 Å². The lowest BCUT2D eigenvalue weighted by Crippen LogP contribution is -2.46.